The number of nitrogens with zero attached hydrogens (tertiary/aromatic N) is 3. The van der Waals surface area contributed by atoms with Crippen LogP contribution in [0.25, 0.3) is 0 Å². The van der Waals surface area contributed by atoms with E-state index in [1.165, 1.54) is 6.07 Å². The Bertz CT molecular complexity index is 658. The lowest BCUT2D eigenvalue weighted by atomic mass is 10.2. The summed E-state index contributed by atoms with van der Waals surface area (Å²) in [7, 11) is 0. The Balaban J connectivity index is 2.22. The van der Waals surface area contributed by atoms with Crippen LogP contribution >= 0.6 is 22.9 Å². The normalized spacial score (nSPS) is 10.2. The van der Waals surface area contributed by atoms with Crippen LogP contribution in [0.1, 0.15) is 15.4 Å². The highest BCUT2D eigenvalue weighted by Crippen LogP contribution is 2.23. The Labute approximate surface area is 116 Å². The van der Waals surface area contributed by atoms with E-state index in [4.69, 9.17) is 11.6 Å². The zero-order chi connectivity index (χ0) is 14.0. The summed E-state index contributed by atoms with van der Waals surface area (Å²) in [6.45, 7) is 1.62. The first-order valence-corrected chi connectivity index (χ1v) is 6.22. The number of aromatic nitrogens is 2. The number of benzene rings is 1. The summed E-state index contributed by atoms with van der Waals surface area (Å²) in [5.74, 6) is -0.512. The number of aryl methyl sites for hydroxylation is 1. The first-order valence-electron chi connectivity index (χ1n) is 5.03. The van der Waals surface area contributed by atoms with E-state index in [-0.39, 0.29) is 15.2 Å². The molecule has 0 spiro atoms. The highest BCUT2D eigenvalue weighted by Gasteiger charge is 2.15. The number of hydrogen-bond donors (Lipinski definition) is 1. The molecule has 19 heavy (non-hydrogen) atoms. The van der Waals surface area contributed by atoms with Gasteiger partial charge in [0.1, 0.15) is 0 Å². The largest absolute Gasteiger partial charge is 0.320 e. The van der Waals surface area contributed by atoms with Gasteiger partial charge in [-0.05, 0) is 24.6 Å². The van der Waals surface area contributed by atoms with Gasteiger partial charge in [-0.15, -0.1) is 10.2 Å². The molecule has 1 amide bonds. The molecule has 0 fully saturated rings. The molecule has 0 aliphatic rings. The van der Waals surface area contributed by atoms with Gasteiger partial charge in [-0.1, -0.05) is 17.4 Å². The third-order valence-electron chi connectivity index (χ3n) is 2.26. The van der Waals surface area contributed by atoms with Crippen molar-refractivity contribution in [1.29, 1.82) is 0 Å². The molecule has 0 aliphatic carbocycles. The molecule has 7 nitrogen and oxygen atoms in total. The first-order chi connectivity index (χ1) is 8.97. The summed E-state index contributed by atoms with van der Waals surface area (Å²) in [6.07, 6.45) is 0. The number of hydrogen-bond acceptors (Lipinski definition) is 6. The predicted octanol–water partition coefficient (Wildman–Crippen LogP) is 2.66. The van der Waals surface area contributed by atoms with Crippen LogP contribution in [0.2, 0.25) is 4.47 Å². The van der Waals surface area contributed by atoms with Gasteiger partial charge in [0, 0.05) is 17.3 Å². The molecule has 0 unspecified atom stereocenters. The Morgan fingerprint density at radius 1 is 1.47 bits per heavy atom. The second-order valence-corrected chi connectivity index (χ2v) is 5.13. The van der Waals surface area contributed by atoms with Gasteiger partial charge in [-0.3, -0.25) is 14.9 Å². The average molecular weight is 299 g/mol. The fraction of sp³-hybridized carbons (Fsp3) is 0.100. The van der Waals surface area contributed by atoms with Crippen molar-refractivity contribution in [3.8, 4) is 0 Å². The molecule has 0 radical (unpaired) electrons. The number of carbonyl (C=O) groups is 1. The number of amides is 1. The maximum absolute atomic E-state index is 11.8. The van der Waals surface area contributed by atoms with E-state index < -0.39 is 10.8 Å². The quantitative estimate of drug-likeness (QED) is 0.694. The molecule has 2 rings (SSSR count). The zero-order valence-electron chi connectivity index (χ0n) is 9.58. The molecule has 0 aliphatic heterocycles. The first kappa shape index (κ1) is 13.4. The van der Waals surface area contributed by atoms with Crippen LogP contribution in [0.15, 0.2) is 18.2 Å². The smallest absolute Gasteiger partial charge is 0.286 e. The molecule has 0 saturated heterocycles. The summed E-state index contributed by atoms with van der Waals surface area (Å²) < 4.78 is 0.153. The van der Waals surface area contributed by atoms with E-state index in [2.05, 4.69) is 15.5 Å². The van der Waals surface area contributed by atoms with Crippen LogP contribution in [0.5, 0.6) is 0 Å². The number of nitro benzene ring substituents is 1. The van der Waals surface area contributed by atoms with Gasteiger partial charge >= 0.3 is 0 Å². The van der Waals surface area contributed by atoms with Crippen molar-refractivity contribution in [1.82, 2.24) is 10.2 Å². The highest BCUT2D eigenvalue weighted by atomic mass is 35.5. The molecule has 9 heteroatoms. The predicted molar refractivity (Wildman–Crippen MR) is 70.7 cm³/mol. The van der Waals surface area contributed by atoms with Gasteiger partial charge < -0.3 is 5.32 Å². The Morgan fingerprint density at radius 2 is 2.21 bits per heavy atom. The minimum Gasteiger partial charge on any atom is -0.320 e. The summed E-state index contributed by atoms with van der Waals surface area (Å²) in [4.78, 5) is 22.0. The van der Waals surface area contributed by atoms with Gasteiger partial charge in [0.15, 0.2) is 0 Å². The lowest BCUT2D eigenvalue weighted by Gasteiger charge is -2.03. The molecular formula is C10H7ClN4O3S. The minimum absolute atomic E-state index is 0.0619. The van der Waals surface area contributed by atoms with Crippen molar-refractivity contribution < 1.29 is 9.72 Å². The molecular weight excluding hydrogens is 292 g/mol. The zero-order valence-corrected chi connectivity index (χ0v) is 11.2. The van der Waals surface area contributed by atoms with Crippen molar-refractivity contribution in [3.05, 3.63) is 43.4 Å². The maximum Gasteiger partial charge on any atom is 0.286 e. The molecule has 1 heterocycles. The summed E-state index contributed by atoms with van der Waals surface area (Å²) in [5.41, 5.74) is 0.767. The molecule has 1 aromatic heterocycles. The highest BCUT2D eigenvalue weighted by molar-refractivity contribution is 7.17. The Kier molecular flexibility index (Phi) is 3.72. The van der Waals surface area contributed by atoms with E-state index in [0.29, 0.717) is 11.3 Å². The van der Waals surface area contributed by atoms with Crippen molar-refractivity contribution >= 4 is 40.2 Å². The molecule has 0 bridgehead atoms. The second-order valence-electron chi connectivity index (χ2n) is 3.57. The summed E-state index contributed by atoms with van der Waals surface area (Å²) in [5, 5.41) is 20.5. The maximum atomic E-state index is 11.8. The third kappa shape index (κ3) is 3.04. The van der Waals surface area contributed by atoms with E-state index >= 15 is 0 Å². The third-order valence-corrected chi connectivity index (χ3v) is 3.28. The molecule has 1 N–H and O–H groups in total. The van der Waals surface area contributed by atoms with Crippen LogP contribution in [-0.2, 0) is 0 Å². The molecule has 1 aromatic carbocycles. The SMILES string of the molecule is Cc1ccc(NC(=O)c2nnc(Cl)s2)cc1[N+](=O)[O-]. The topological polar surface area (TPSA) is 98.0 Å². The van der Waals surface area contributed by atoms with Crippen LogP contribution in [0.3, 0.4) is 0 Å². The number of anilines is 1. The number of nitro groups is 1. The number of halogens is 1. The standard InChI is InChI=1S/C10H7ClN4O3S/c1-5-2-3-6(4-7(5)15(17)18)12-8(16)9-13-14-10(11)19-9/h2-4H,1H3,(H,12,16). The average Bonchev–Trinajstić information content (AvgIpc) is 2.78. The van der Waals surface area contributed by atoms with E-state index in [1.54, 1.807) is 19.1 Å². The molecule has 98 valence electrons. The van der Waals surface area contributed by atoms with Crippen molar-refractivity contribution in [2.45, 2.75) is 6.92 Å². The van der Waals surface area contributed by atoms with Crippen LogP contribution < -0.4 is 5.32 Å². The van der Waals surface area contributed by atoms with Crippen LogP contribution in [0, 0.1) is 17.0 Å². The lowest BCUT2D eigenvalue weighted by Crippen LogP contribution is -2.11. The van der Waals surface area contributed by atoms with E-state index in [9.17, 15) is 14.9 Å². The van der Waals surface area contributed by atoms with Gasteiger partial charge in [0.25, 0.3) is 11.6 Å². The van der Waals surface area contributed by atoms with Gasteiger partial charge in [-0.2, -0.15) is 0 Å². The fourth-order valence-corrected chi connectivity index (χ4v) is 2.09. The van der Waals surface area contributed by atoms with Crippen LogP contribution in [0.4, 0.5) is 11.4 Å². The van der Waals surface area contributed by atoms with Gasteiger partial charge in [0.2, 0.25) is 9.47 Å². The summed E-state index contributed by atoms with van der Waals surface area (Å²) in [6, 6.07) is 4.42. The fourth-order valence-electron chi connectivity index (χ4n) is 1.37. The van der Waals surface area contributed by atoms with Crippen LogP contribution in [-0.4, -0.2) is 21.0 Å². The van der Waals surface area contributed by atoms with E-state index in [1.807, 2.05) is 0 Å². The molecule has 0 saturated carbocycles. The van der Waals surface area contributed by atoms with Crippen molar-refractivity contribution in [3.63, 3.8) is 0 Å². The van der Waals surface area contributed by atoms with E-state index in [0.717, 1.165) is 11.3 Å². The monoisotopic (exact) mass is 298 g/mol. The molecule has 2 aromatic rings. The Hall–Kier alpha value is -2.06. The van der Waals surface area contributed by atoms with Gasteiger partial charge in [-0.25, -0.2) is 0 Å². The minimum atomic E-state index is -0.512. The molecule has 0 atom stereocenters. The number of rotatable bonds is 3. The van der Waals surface area contributed by atoms with Crippen molar-refractivity contribution in [2.75, 3.05) is 5.32 Å². The van der Waals surface area contributed by atoms with Crippen molar-refractivity contribution in [2.24, 2.45) is 0 Å². The lowest BCUT2D eigenvalue weighted by molar-refractivity contribution is -0.385. The second kappa shape index (κ2) is 5.29. The number of carbonyl (C=O) groups excluding carboxylic acids is 1. The summed E-state index contributed by atoms with van der Waals surface area (Å²) >= 11 is 6.50. The van der Waals surface area contributed by atoms with Gasteiger partial charge in [0.05, 0.1) is 4.92 Å². The number of nitrogens with one attached hydrogen (secondary N) is 1. The Morgan fingerprint density at radius 3 is 2.79 bits per heavy atom.